The first kappa shape index (κ1) is 22.0. The standard InChI is InChI=1S/C26H26N4O3/c1-3-14-33-22-13-12-17(15-23(22)32-2)24-19(16-27)26(28)30(29-18-8-5-4-6-9-18)20-10-7-11-21(31)25(20)24/h3-6,8-9,12-13,15,24,29H,1,7,10-11,14,28H2,2H3/t24-/m1/s1. The van der Waals surface area contributed by atoms with Crippen molar-refractivity contribution in [3.05, 3.63) is 89.4 Å². The monoisotopic (exact) mass is 442 g/mol. The zero-order valence-electron chi connectivity index (χ0n) is 18.5. The number of carbonyl (C=O) groups excluding carboxylic acids is 1. The first-order valence-corrected chi connectivity index (χ1v) is 10.8. The van der Waals surface area contributed by atoms with E-state index in [0.717, 1.165) is 23.4 Å². The number of rotatable bonds is 7. The molecule has 0 fully saturated rings. The third kappa shape index (κ3) is 4.15. The number of hydrogen-bond donors (Lipinski definition) is 2. The molecule has 7 heteroatoms. The van der Waals surface area contributed by atoms with Crippen LogP contribution in [0.15, 0.2) is 83.9 Å². The van der Waals surface area contributed by atoms with Crippen molar-refractivity contribution >= 4 is 11.5 Å². The largest absolute Gasteiger partial charge is 0.493 e. The number of nitrogens with zero attached hydrogens (tertiary/aromatic N) is 2. The number of allylic oxidation sites excluding steroid dienone is 3. The van der Waals surface area contributed by atoms with Crippen molar-refractivity contribution in [2.75, 3.05) is 19.1 Å². The van der Waals surface area contributed by atoms with Crippen molar-refractivity contribution in [3.63, 3.8) is 0 Å². The van der Waals surface area contributed by atoms with Gasteiger partial charge < -0.3 is 15.2 Å². The predicted molar refractivity (Wildman–Crippen MR) is 126 cm³/mol. The summed E-state index contributed by atoms with van der Waals surface area (Å²) in [5.41, 5.74) is 13.1. The minimum Gasteiger partial charge on any atom is -0.493 e. The Labute approximate surface area is 193 Å². The first-order chi connectivity index (χ1) is 16.1. The number of ketones is 1. The molecular weight excluding hydrogens is 416 g/mol. The van der Waals surface area contributed by atoms with E-state index >= 15 is 0 Å². The smallest absolute Gasteiger partial charge is 0.161 e. The van der Waals surface area contributed by atoms with Crippen LogP contribution < -0.4 is 20.6 Å². The van der Waals surface area contributed by atoms with Crippen LogP contribution in [0.1, 0.15) is 30.7 Å². The van der Waals surface area contributed by atoms with Gasteiger partial charge in [-0.2, -0.15) is 5.26 Å². The van der Waals surface area contributed by atoms with E-state index < -0.39 is 5.92 Å². The molecule has 0 radical (unpaired) electrons. The van der Waals surface area contributed by atoms with Crippen LogP contribution in [0.25, 0.3) is 0 Å². The van der Waals surface area contributed by atoms with Crippen LogP contribution >= 0.6 is 0 Å². The Hall–Kier alpha value is -4.18. The van der Waals surface area contributed by atoms with Crippen LogP contribution in [0.2, 0.25) is 0 Å². The van der Waals surface area contributed by atoms with Gasteiger partial charge in [-0.05, 0) is 42.7 Å². The maximum absolute atomic E-state index is 13.2. The topological polar surface area (TPSA) is 101 Å². The Balaban J connectivity index is 1.83. The minimum atomic E-state index is -0.575. The second-order valence-corrected chi connectivity index (χ2v) is 7.80. The van der Waals surface area contributed by atoms with E-state index in [0.29, 0.717) is 42.1 Å². The van der Waals surface area contributed by atoms with Crippen LogP contribution in [0.3, 0.4) is 0 Å². The van der Waals surface area contributed by atoms with Crippen molar-refractivity contribution in [3.8, 4) is 17.6 Å². The molecule has 2 aromatic carbocycles. The second kappa shape index (κ2) is 9.53. The molecule has 0 saturated heterocycles. The number of para-hydroxylation sites is 1. The van der Waals surface area contributed by atoms with E-state index in [9.17, 15) is 10.1 Å². The lowest BCUT2D eigenvalue weighted by Gasteiger charge is -2.39. The Morgan fingerprint density at radius 2 is 2.03 bits per heavy atom. The molecule has 2 aliphatic rings. The highest BCUT2D eigenvalue weighted by Crippen LogP contribution is 2.46. The fraction of sp³-hybridized carbons (Fsp3) is 0.231. The number of nitrogens with two attached hydrogens (primary N) is 1. The molecule has 3 N–H and O–H groups in total. The summed E-state index contributed by atoms with van der Waals surface area (Å²) in [5.74, 6) is 0.802. The number of benzene rings is 2. The van der Waals surface area contributed by atoms with Gasteiger partial charge in [-0.15, -0.1) is 0 Å². The number of ether oxygens (including phenoxy) is 2. The number of nitriles is 1. The molecule has 168 valence electrons. The van der Waals surface area contributed by atoms with Crippen molar-refractivity contribution in [2.24, 2.45) is 5.73 Å². The highest BCUT2D eigenvalue weighted by Gasteiger charge is 2.40. The van der Waals surface area contributed by atoms with Crippen molar-refractivity contribution in [2.45, 2.75) is 25.2 Å². The molecule has 0 bridgehead atoms. The van der Waals surface area contributed by atoms with Gasteiger partial charge in [-0.3, -0.25) is 10.2 Å². The van der Waals surface area contributed by atoms with Gasteiger partial charge in [0, 0.05) is 17.7 Å². The molecule has 4 rings (SSSR count). The normalized spacial score (nSPS) is 17.9. The van der Waals surface area contributed by atoms with E-state index in [4.69, 9.17) is 15.2 Å². The minimum absolute atomic E-state index is 0.0207. The Kier molecular flexibility index (Phi) is 6.36. The van der Waals surface area contributed by atoms with Crippen molar-refractivity contribution < 1.29 is 14.3 Å². The van der Waals surface area contributed by atoms with Gasteiger partial charge in [0.05, 0.1) is 30.4 Å². The zero-order valence-corrected chi connectivity index (χ0v) is 18.5. The number of Topliss-reactive ketones (excluding diaryl/α,β-unsaturated/α-hetero) is 1. The van der Waals surface area contributed by atoms with Gasteiger partial charge in [0.1, 0.15) is 12.4 Å². The quantitative estimate of drug-likeness (QED) is 0.614. The van der Waals surface area contributed by atoms with Crippen LogP contribution in [-0.2, 0) is 4.79 Å². The molecule has 2 aromatic rings. The summed E-state index contributed by atoms with van der Waals surface area (Å²) in [6, 6.07) is 17.2. The fourth-order valence-corrected chi connectivity index (χ4v) is 4.32. The summed E-state index contributed by atoms with van der Waals surface area (Å²) in [6.07, 6.45) is 3.49. The number of hydrazine groups is 1. The zero-order chi connectivity index (χ0) is 23.4. The van der Waals surface area contributed by atoms with Gasteiger partial charge in [-0.1, -0.05) is 36.9 Å². The third-order valence-corrected chi connectivity index (χ3v) is 5.81. The van der Waals surface area contributed by atoms with Gasteiger partial charge in [0.2, 0.25) is 0 Å². The van der Waals surface area contributed by atoms with Crippen molar-refractivity contribution in [1.29, 1.82) is 5.26 Å². The van der Waals surface area contributed by atoms with E-state index in [1.54, 1.807) is 30.3 Å². The lowest BCUT2D eigenvalue weighted by Crippen LogP contribution is -2.41. The fourth-order valence-electron chi connectivity index (χ4n) is 4.32. The Morgan fingerprint density at radius 3 is 2.73 bits per heavy atom. The van der Waals surface area contributed by atoms with Gasteiger partial charge >= 0.3 is 0 Å². The predicted octanol–water partition coefficient (Wildman–Crippen LogP) is 4.39. The first-order valence-electron chi connectivity index (χ1n) is 10.8. The summed E-state index contributed by atoms with van der Waals surface area (Å²) in [6.45, 7) is 4.00. The molecule has 0 amide bonds. The summed E-state index contributed by atoms with van der Waals surface area (Å²) >= 11 is 0. The molecule has 1 atom stereocenters. The van der Waals surface area contributed by atoms with E-state index in [2.05, 4.69) is 18.1 Å². The molecule has 0 unspecified atom stereocenters. The molecule has 7 nitrogen and oxygen atoms in total. The maximum Gasteiger partial charge on any atom is 0.161 e. The highest BCUT2D eigenvalue weighted by atomic mass is 16.5. The van der Waals surface area contributed by atoms with Crippen LogP contribution in [-0.4, -0.2) is 24.5 Å². The average Bonchev–Trinajstić information content (AvgIpc) is 2.85. The van der Waals surface area contributed by atoms with E-state index in [1.807, 2.05) is 36.4 Å². The lowest BCUT2D eigenvalue weighted by molar-refractivity contribution is -0.116. The molecule has 0 spiro atoms. The van der Waals surface area contributed by atoms with E-state index in [-0.39, 0.29) is 11.6 Å². The molecule has 1 aliphatic heterocycles. The van der Waals surface area contributed by atoms with E-state index in [1.165, 1.54) is 0 Å². The number of nitrogens with one attached hydrogen (secondary N) is 1. The number of methoxy groups -OCH3 is 1. The number of anilines is 1. The Morgan fingerprint density at radius 1 is 1.24 bits per heavy atom. The molecule has 1 heterocycles. The van der Waals surface area contributed by atoms with Gasteiger partial charge in [-0.25, -0.2) is 5.01 Å². The van der Waals surface area contributed by atoms with Crippen LogP contribution in [0.4, 0.5) is 5.69 Å². The molecule has 33 heavy (non-hydrogen) atoms. The second-order valence-electron chi connectivity index (χ2n) is 7.80. The molecule has 0 aromatic heterocycles. The summed E-state index contributed by atoms with van der Waals surface area (Å²) in [5, 5.41) is 11.8. The van der Waals surface area contributed by atoms with Crippen LogP contribution in [0.5, 0.6) is 11.5 Å². The number of carbonyl (C=O) groups is 1. The summed E-state index contributed by atoms with van der Waals surface area (Å²) < 4.78 is 11.2. The summed E-state index contributed by atoms with van der Waals surface area (Å²) in [7, 11) is 1.55. The van der Waals surface area contributed by atoms with Gasteiger partial charge in [0.25, 0.3) is 0 Å². The molecule has 0 saturated carbocycles. The van der Waals surface area contributed by atoms with Crippen LogP contribution in [0, 0.1) is 11.3 Å². The molecular formula is C26H26N4O3. The average molecular weight is 443 g/mol. The van der Waals surface area contributed by atoms with Gasteiger partial charge in [0.15, 0.2) is 17.3 Å². The SMILES string of the molecule is C=CCOc1ccc([C@@H]2C(C#N)=C(N)N(Nc3ccccc3)C3=C2C(=O)CCC3)cc1OC. The molecule has 1 aliphatic carbocycles. The third-order valence-electron chi connectivity index (χ3n) is 5.81. The summed E-state index contributed by atoms with van der Waals surface area (Å²) in [4.78, 5) is 13.2. The highest BCUT2D eigenvalue weighted by molar-refractivity contribution is 6.00. The maximum atomic E-state index is 13.2. The Bertz CT molecular complexity index is 1180. The number of hydrogen-bond acceptors (Lipinski definition) is 7. The lowest BCUT2D eigenvalue weighted by atomic mass is 9.76. The van der Waals surface area contributed by atoms with Crippen molar-refractivity contribution in [1.82, 2.24) is 5.01 Å².